The molecule has 0 unspecified atom stereocenters. The Morgan fingerprint density at radius 3 is 2.58 bits per heavy atom. The third-order valence-electron chi connectivity index (χ3n) is 2.44. The number of nitrogens with one attached hydrogen (secondary N) is 1. The molecule has 106 valence electrons. The molecule has 0 aromatic heterocycles. The van der Waals surface area contributed by atoms with Gasteiger partial charge in [-0.05, 0) is 25.0 Å². The van der Waals surface area contributed by atoms with E-state index in [4.69, 9.17) is 16.7 Å². The van der Waals surface area contributed by atoms with Crippen LogP contribution in [0.15, 0.2) is 18.2 Å². The number of carboxylic acids is 1. The summed E-state index contributed by atoms with van der Waals surface area (Å²) in [7, 11) is 0. The largest absolute Gasteiger partial charge is 0.481 e. The molecule has 0 spiro atoms. The average molecular weight is 296 g/mol. The van der Waals surface area contributed by atoms with Crippen molar-refractivity contribution < 1.29 is 23.1 Å². The molecule has 0 saturated carbocycles. The lowest BCUT2D eigenvalue weighted by Gasteiger charge is -2.15. The van der Waals surface area contributed by atoms with Gasteiger partial charge in [0.05, 0.1) is 16.3 Å². The fourth-order valence-corrected chi connectivity index (χ4v) is 1.80. The second kappa shape index (κ2) is 6.65. The summed E-state index contributed by atoms with van der Waals surface area (Å²) in [6.07, 6.45) is -3.63. The van der Waals surface area contributed by atoms with Crippen LogP contribution >= 0.6 is 11.6 Å². The van der Waals surface area contributed by atoms with E-state index in [0.29, 0.717) is 12.8 Å². The topological polar surface area (TPSA) is 49.3 Å². The molecule has 1 aromatic rings. The van der Waals surface area contributed by atoms with Gasteiger partial charge in [0.15, 0.2) is 0 Å². The van der Waals surface area contributed by atoms with Gasteiger partial charge in [0.1, 0.15) is 0 Å². The maximum atomic E-state index is 12.7. The van der Waals surface area contributed by atoms with Crippen molar-refractivity contribution >= 4 is 23.3 Å². The van der Waals surface area contributed by atoms with E-state index < -0.39 is 17.7 Å². The number of halogens is 4. The van der Waals surface area contributed by atoms with Crippen LogP contribution in [0.5, 0.6) is 0 Å². The number of aliphatic carboxylic acids is 1. The summed E-state index contributed by atoms with van der Waals surface area (Å²) < 4.78 is 38.2. The summed E-state index contributed by atoms with van der Waals surface area (Å²) in [5.74, 6) is -0.922. The van der Waals surface area contributed by atoms with Gasteiger partial charge in [0.25, 0.3) is 0 Å². The van der Waals surface area contributed by atoms with Gasteiger partial charge in [-0.15, -0.1) is 0 Å². The van der Waals surface area contributed by atoms with Crippen LogP contribution in [0.4, 0.5) is 18.9 Å². The molecule has 0 bridgehead atoms. The fraction of sp³-hybridized carbons (Fsp3) is 0.417. The number of anilines is 1. The smallest absolute Gasteiger partial charge is 0.418 e. The van der Waals surface area contributed by atoms with Gasteiger partial charge in [-0.2, -0.15) is 13.2 Å². The quantitative estimate of drug-likeness (QED) is 0.779. The minimum absolute atomic E-state index is 0.00364. The molecule has 0 atom stereocenters. The number of benzene rings is 1. The number of unbranched alkanes of at least 4 members (excludes halogenated alkanes) is 1. The Hall–Kier alpha value is -1.43. The van der Waals surface area contributed by atoms with E-state index in [1.54, 1.807) is 0 Å². The normalized spacial score (nSPS) is 11.4. The van der Waals surface area contributed by atoms with E-state index in [2.05, 4.69) is 5.32 Å². The SMILES string of the molecule is O=C(O)CCCCNc1c(Cl)cccc1C(F)(F)F. The third kappa shape index (κ3) is 4.98. The number of rotatable bonds is 6. The van der Waals surface area contributed by atoms with Crippen molar-refractivity contribution in [1.29, 1.82) is 0 Å². The molecule has 0 radical (unpaired) electrons. The molecule has 0 heterocycles. The van der Waals surface area contributed by atoms with Crippen molar-refractivity contribution in [2.75, 3.05) is 11.9 Å². The van der Waals surface area contributed by atoms with Crippen molar-refractivity contribution in [2.45, 2.75) is 25.4 Å². The van der Waals surface area contributed by atoms with Crippen LogP contribution in [-0.4, -0.2) is 17.6 Å². The van der Waals surface area contributed by atoms with Crippen molar-refractivity contribution in [3.63, 3.8) is 0 Å². The van der Waals surface area contributed by atoms with E-state index in [9.17, 15) is 18.0 Å². The molecule has 7 heteroatoms. The van der Waals surface area contributed by atoms with Crippen molar-refractivity contribution in [1.82, 2.24) is 0 Å². The second-order valence-electron chi connectivity index (χ2n) is 3.94. The number of carbonyl (C=O) groups is 1. The van der Waals surface area contributed by atoms with Crippen LogP contribution in [0.3, 0.4) is 0 Å². The van der Waals surface area contributed by atoms with E-state index in [1.807, 2.05) is 0 Å². The van der Waals surface area contributed by atoms with E-state index in [-0.39, 0.29) is 23.7 Å². The highest BCUT2D eigenvalue weighted by Gasteiger charge is 2.34. The molecule has 0 aliphatic rings. The highest BCUT2D eigenvalue weighted by atomic mass is 35.5. The molecule has 0 saturated heterocycles. The molecule has 0 aliphatic carbocycles. The fourth-order valence-electron chi connectivity index (χ4n) is 1.55. The van der Waals surface area contributed by atoms with E-state index in [1.165, 1.54) is 12.1 Å². The van der Waals surface area contributed by atoms with Crippen molar-refractivity contribution in [3.05, 3.63) is 28.8 Å². The first kappa shape index (κ1) is 15.6. The monoisotopic (exact) mass is 295 g/mol. The summed E-state index contributed by atoms with van der Waals surface area (Å²) in [4.78, 5) is 10.3. The first-order valence-corrected chi connectivity index (χ1v) is 6.01. The molecule has 0 aliphatic heterocycles. The summed E-state index contributed by atoms with van der Waals surface area (Å²) in [5, 5.41) is 11.0. The zero-order valence-corrected chi connectivity index (χ0v) is 10.7. The summed E-state index contributed by atoms with van der Waals surface area (Å²) in [6.45, 7) is 0.236. The highest BCUT2D eigenvalue weighted by molar-refractivity contribution is 6.33. The Morgan fingerprint density at radius 2 is 2.00 bits per heavy atom. The average Bonchev–Trinajstić information content (AvgIpc) is 2.28. The number of hydrogen-bond acceptors (Lipinski definition) is 2. The maximum Gasteiger partial charge on any atom is 0.418 e. The first-order chi connectivity index (χ1) is 8.82. The lowest BCUT2D eigenvalue weighted by atomic mass is 10.1. The molecular weight excluding hydrogens is 283 g/mol. The second-order valence-corrected chi connectivity index (χ2v) is 4.34. The molecule has 19 heavy (non-hydrogen) atoms. The van der Waals surface area contributed by atoms with Gasteiger partial charge in [0.2, 0.25) is 0 Å². The molecule has 1 rings (SSSR count). The Morgan fingerprint density at radius 1 is 1.32 bits per heavy atom. The zero-order valence-electron chi connectivity index (χ0n) is 9.93. The lowest BCUT2D eigenvalue weighted by Crippen LogP contribution is -2.12. The van der Waals surface area contributed by atoms with Crippen LogP contribution in [0.25, 0.3) is 0 Å². The predicted molar refractivity (Wildman–Crippen MR) is 66.4 cm³/mol. The molecule has 3 nitrogen and oxygen atoms in total. The van der Waals surface area contributed by atoms with Gasteiger partial charge < -0.3 is 10.4 Å². The van der Waals surface area contributed by atoms with Crippen molar-refractivity contribution in [2.24, 2.45) is 0 Å². The van der Waals surface area contributed by atoms with Gasteiger partial charge >= 0.3 is 12.1 Å². The molecule has 1 aromatic carbocycles. The van der Waals surface area contributed by atoms with Gasteiger partial charge in [-0.25, -0.2) is 0 Å². The standard InChI is InChI=1S/C12H13ClF3NO2/c13-9-5-3-4-8(12(14,15)16)11(9)17-7-2-1-6-10(18)19/h3-5,17H,1-2,6-7H2,(H,18,19). The Balaban J connectivity index is 2.65. The summed E-state index contributed by atoms with van der Waals surface area (Å²) >= 11 is 5.74. The minimum atomic E-state index is -4.48. The minimum Gasteiger partial charge on any atom is -0.481 e. The lowest BCUT2D eigenvalue weighted by molar-refractivity contribution is -0.137. The van der Waals surface area contributed by atoms with Crippen LogP contribution < -0.4 is 5.32 Å². The van der Waals surface area contributed by atoms with Crippen LogP contribution in [0.2, 0.25) is 5.02 Å². The molecule has 0 amide bonds. The van der Waals surface area contributed by atoms with Crippen LogP contribution in [0, 0.1) is 0 Å². The number of carboxylic acid groups (broad SMARTS) is 1. The maximum absolute atomic E-state index is 12.7. The van der Waals surface area contributed by atoms with Crippen LogP contribution in [-0.2, 0) is 11.0 Å². The first-order valence-electron chi connectivity index (χ1n) is 5.63. The van der Waals surface area contributed by atoms with Gasteiger partial charge in [-0.3, -0.25) is 4.79 Å². The number of hydrogen-bond donors (Lipinski definition) is 2. The number of para-hydroxylation sites is 1. The molecule has 2 N–H and O–H groups in total. The van der Waals surface area contributed by atoms with Crippen LogP contribution in [0.1, 0.15) is 24.8 Å². The predicted octanol–water partition coefficient (Wildman–Crippen LogP) is 4.03. The summed E-state index contributed by atoms with van der Waals surface area (Å²) in [5.41, 5.74) is -0.981. The highest BCUT2D eigenvalue weighted by Crippen LogP contribution is 2.38. The Kier molecular flexibility index (Phi) is 5.47. The van der Waals surface area contributed by atoms with Gasteiger partial charge in [-0.1, -0.05) is 17.7 Å². The summed E-state index contributed by atoms with van der Waals surface area (Å²) in [6, 6.07) is 3.56. The Labute approximate surface area is 113 Å². The van der Waals surface area contributed by atoms with Crippen molar-refractivity contribution in [3.8, 4) is 0 Å². The molecular formula is C12H13ClF3NO2. The number of alkyl halides is 3. The zero-order chi connectivity index (χ0) is 14.5. The Bertz CT molecular complexity index is 449. The van der Waals surface area contributed by atoms with Gasteiger partial charge in [0, 0.05) is 13.0 Å². The molecule has 0 fully saturated rings. The third-order valence-corrected chi connectivity index (χ3v) is 2.75. The van der Waals surface area contributed by atoms with E-state index in [0.717, 1.165) is 6.07 Å². The van der Waals surface area contributed by atoms with E-state index >= 15 is 0 Å².